The highest BCUT2D eigenvalue weighted by atomic mass is 35.5. The van der Waals surface area contributed by atoms with Crippen molar-refractivity contribution in [2.45, 2.75) is 39.3 Å². The second kappa shape index (κ2) is 10.1. The van der Waals surface area contributed by atoms with Gasteiger partial charge in [-0.05, 0) is 38.3 Å². The second-order valence-corrected chi connectivity index (χ2v) is 7.90. The number of carbonyl (C=O) groups is 1. The molecule has 0 spiro atoms. The molecule has 1 unspecified atom stereocenters. The first-order chi connectivity index (χ1) is 13.6. The normalized spacial score (nSPS) is 19.8. The van der Waals surface area contributed by atoms with Crippen LogP contribution < -0.4 is 5.32 Å². The molecule has 1 atom stereocenters. The van der Waals surface area contributed by atoms with Crippen LogP contribution in [0.3, 0.4) is 0 Å². The Balaban J connectivity index is 1.57. The Kier molecular flexibility index (Phi) is 7.57. The van der Waals surface area contributed by atoms with E-state index in [0.29, 0.717) is 6.54 Å². The van der Waals surface area contributed by atoms with Crippen molar-refractivity contribution in [2.75, 3.05) is 45.8 Å². The van der Waals surface area contributed by atoms with Gasteiger partial charge in [0.05, 0.1) is 12.6 Å². The fraction of sp³-hybridized carbons (Fsp3) is 0.619. The Labute approximate surface area is 173 Å². The average molecular weight is 406 g/mol. The maximum Gasteiger partial charge on any atom is 0.239 e. The van der Waals surface area contributed by atoms with E-state index in [9.17, 15) is 4.79 Å². The van der Waals surface area contributed by atoms with Crippen molar-refractivity contribution < 1.29 is 4.79 Å². The summed E-state index contributed by atoms with van der Waals surface area (Å²) in [5.41, 5.74) is 1.03. The summed E-state index contributed by atoms with van der Waals surface area (Å²) < 4.78 is 0. The van der Waals surface area contributed by atoms with Crippen molar-refractivity contribution in [3.63, 3.8) is 0 Å². The molecule has 1 amide bonds. The molecule has 3 rings (SSSR count). The highest BCUT2D eigenvalue weighted by molar-refractivity contribution is 6.31. The monoisotopic (exact) mass is 405 g/mol. The van der Waals surface area contributed by atoms with Crippen LogP contribution in [0.1, 0.15) is 32.3 Å². The van der Waals surface area contributed by atoms with Gasteiger partial charge in [0.15, 0.2) is 5.96 Å². The number of carbonyl (C=O) groups excluding carboxylic acids is 1. The minimum Gasteiger partial charge on any atom is -0.357 e. The molecule has 0 bridgehead atoms. The first-order valence-electron chi connectivity index (χ1n) is 10.4. The Morgan fingerprint density at radius 1 is 1.11 bits per heavy atom. The molecule has 2 fully saturated rings. The van der Waals surface area contributed by atoms with Crippen LogP contribution in [0.5, 0.6) is 0 Å². The third-order valence-corrected chi connectivity index (χ3v) is 6.00. The van der Waals surface area contributed by atoms with Gasteiger partial charge in [-0.25, -0.2) is 4.99 Å². The van der Waals surface area contributed by atoms with E-state index in [2.05, 4.69) is 22.0 Å². The average Bonchev–Trinajstić information content (AvgIpc) is 3.26. The lowest BCUT2D eigenvalue weighted by atomic mass is 10.2. The summed E-state index contributed by atoms with van der Waals surface area (Å²) in [6.45, 7) is 10.8. The van der Waals surface area contributed by atoms with E-state index in [4.69, 9.17) is 16.6 Å². The van der Waals surface area contributed by atoms with Gasteiger partial charge in [0.2, 0.25) is 5.91 Å². The number of likely N-dealkylation sites (tertiary alicyclic amines) is 1. The fourth-order valence-corrected chi connectivity index (χ4v) is 4.09. The van der Waals surface area contributed by atoms with Crippen LogP contribution in [0.2, 0.25) is 5.02 Å². The number of hydrogen-bond acceptors (Lipinski definition) is 3. The first-order valence-corrected chi connectivity index (χ1v) is 10.8. The molecule has 0 saturated carbocycles. The van der Waals surface area contributed by atoms with E-state index in [0.717, 1.165) is 75.2 Å². The van der Waals surface area contributed by atoms with Crippen LogP contribution in [-0.2, 0) is 11.3 Å². The largest absolute Gasteiger partial charge is 0.357 e. The summed E-state index contributed by atoms with van der Waals surface area (Å²) in [5, 5.41) is 4.14. The number of piperazine rings is 1. The molecular formula is C21H32ClN5O. The SMILES string of the molecule is CCNC(=NCc1ccccc1Cl)N1CCN(C(C)C(=O)N2CCCC2)CC1. The Morgan fingerprint density at radius 3 is 2.43 bits per heavy atom. The van der Waals surface area contributed by atoms with E-state index in [-0.39, 0.29) is 11.9 Å². The smallest absolute Gasteiger partial charge is 0.239 e. The number of benzene rings is 1. The second-order valence-electron chi connectivity index (χ2n) is 7.49. The summed E-state index contributed by atoms with van der Waals surface area (Å²) >= 11 is 6.26. The van der Waals surface area contributed by atoms with Gasteiger partial charge in [-0.2, -0.15) is 0 Å². The molecule has 2 heterocycles. The summed E-state index contributed by atoms with van der Waals surface area (Å²) in [6.07, 6.45) is 2.28. The number of guanidine groups is 1. The maximum atomic E-state index is 12.7. The number of rotatable bonds is 5. The zero-order valence-electron chi connectivity index (χ0n) is 17.0. The minimum atomic E-state index is -0.0390. The third-order valence-electron chi connectivity index (χ3n) is 5.63. The van der Waals surface area contributed by atoms with Gasteiger partial charge in [0.25, 0.3) is 0 Å². The van der Waals surface area contributed by atoms with Gasteiger partial charge in [-0.3, -0.25) is 9.69 Å². The quantitative estimate of drug-likeness (QED) is 0.603. The lowest BCUT2D eigenvalue weighted by Crippen LogP contribution is -2.57. The Hall–Kier alpha value is -1.79. The van der Waals surface area contributed by atoms with Crippen molar-refractivity contribution in [3.05, 3.63) is 34.9 Å². The first kappa shape index (κ1) is 20.9. The van der Waals surface area contributed by atoms with Crippen LogP contribution >= 0.6 is 11.6 Å². The van der Waals surface area contributed by atoms with E-state index >= 15 is 0 Å². The van der Waals surface area contributed by atoms with Gasteiger partial charge in [-0.1, -0.05) is 29.8 Å². The third kappa shape index (κ3) is 5.17. The molecule has 1 aromatic carbocycles. The molecule has 2 aliphatic rings. The van der Waals surface area contributed by atoms with Crippen molar-refractivity contribution >= 4 is 23.5 Å². The topological polar surface area (TPSA) is 51.2 Å². The van der Waals surface area contributed by atoms with Gasteiger partial charge in [0.1, 0.15) is 0 Å². The van der Waals surface area contributed by atoms with Crippen molar-refractivity contribution in [3.8, 4) is 0 Å². The number of halogens is 1. The van der Waals surface area contributed by atoms with Gasteiger partial charge in [0, 0.05) is 50.8 Å². The van der Waals surface area contributed by atoms with Crippen molar-refractivity contribution in [2.24, 2.45) is 4.99 Å². The van der Waals surface area contributed by atoms with Crippen LogP contribution in [0.15, 0.2) is 29.3 Å². The van der Waals surface area contributed by atoms with Crippen molar-refractivity contribution in [1.82, 2.24) is 20.0 Å². The number of nitrogens with one attached hydrogen (secondary N) is 1. The standard InChI is InChI=1S/C21H32ClN5O/c1-3-23-21(24-16-18-8-4-5-9-19(18)22)27-14-12-25(13-15-27)17(2)20(28)26-10-6-7-11-26/h4-5,8-9,17H,3,6-7,10-16H2,1-2H3,(H,23,24). The van der Waals surface area contributed by atoms with E-state index in [1.54, 1.807) is 0 Å². The van der Waals surface area contributed by atoms with Crippen molar-refractivity contribution in [1.29, 1.82) is 0 Å². The number of amides is 1. The Bertz CT molecular complexity index is 681. The Morgan fingerprint density at radius 2 is 1.79 bits per heavy atom. The van der Waals surface area contributed by atoms with Crippen LogP contribution in [-0.4, -0.2) is 78.4 Å². The molecule has 154 valence electrons. The molecule has 6 nitrogen and oxygen atoms in total. The van der Waals surface area contributed by atoms with E-state index in [1.165, 1.54) is 0 Å². The van der Waals surface area contributed by atoms with E-state index < -0.39 is 0 Å². The number of aliphatic imine (C=N–C) groups is 1. The van der Waals surface area contributed by atoms with Crippen LogP contribution in [0, 0.1) is 0 Å². The maximum absolute atomic E-state index is 12.7. The molecule has 2 saturated heterocycles. The molecule has 0 aromatic heterocycles. The fourth-order valence-electron chi connectivity index (χ4n) is 3.89. The number of hydrogen-bond donors (Lipinski definition) is 1. The van der Waals surface area contributed by atoms with E-state index in [1.807, 2.05) is 36.1 Å². The summed E-state index contributed by atoms with van der Waals surface area (Å²) in [4.78, 5) is 24.1. The van der Waals surface area contributed by atoms with Crippen LogP contribution in [0.4, 0.5) is 0 Å². The summed E-state index contributed by atoms with van der Waals surface area (Å²) in [5.74, 6) is 1.20. The molecule has 1 aromatic rings. The molecule has 28 heavy (non-hydrogen) atoms. The predicted octanol–water partition coefficient (Wildman–Crippen LogP) is 2.43. The van der Waals surface area contributed by atoms with Crippen LogP contribution in [0.25, 0.3) is 0 Å². The predicted molar refractivity (Wildman–Crippen MR) is 115 cm³/mol. The zero-order chi connectivity index (χ0) is 19.9. The summed E-state index contributed by atoms with van der Waals surface area (Å²) in [6, 6.07) is 7.80. The molecule has 0 radical (unpaired) electrons. The highest BCUT2D eigenvalue weighted by Crippen LogP contribution is 2.17. The number of nitrogens with zero attached hydrogens (tertiary/aromatic N) is 4. The zero-order valence-corrected chi connectivity index (χ0v) is 17.8. The minimum absolute atomic E-state index is 0.0390. The molecule has 1 N–H and O–H groups in total. The lowest BCUT2D eigenvalue weighted by Gasteiger charge is -2.39. The van der Waals surface area contributed by atoms with Gasteiger partial charge < -0.3 is 15.1 Å². The molecule has 0 aliphatic carbocycles. The molecule has 2 aliphatic heterocycles. The molecule has 7 heteroatoms. The highest BCUT2D eigenvalue weighted by Gasteiger charge is 2.30. The molecular weight excluding hydrogens is 374 g/mol. The summed E-state index contributed by atoms with van der Waals surface area (Å²) in [7, 11) is 0. The van der Waals surface area contributed by atoms with Gasteiger partial charge >= 0.3 is 0 Å². The lowest BCUT2D eigenvalue weighted by molar-refractivity contribution is -0.135. The van der Waals surface area contributed by atoms with Gasteiger partial charge in [-0.15, -0.1) is 0 Å².